The van der Waals surface area contributed by atoms with Gasteiger partial charge in [0.1, 0.15) is 17.4 Å². The van der Waals surface area contributed by atoms with Gasteiger partial charge in [-0.3, -0.25) is 0 Å². The lowest BCUT2D eigenvalue weighted by Gasteiger charge is -2.05. The summed E-state index contributed by atoms with van der Waals surface area (Å²) in [4.78, 5) is 28.2. The van der Waals surface area contributed by atoms with Crippen LogP contribution in [0.3, 0.4) is 0 Å². The summed E-state index contributed by atoms with van der Waals surface area (Å²) < 4.78 is 37.3. The zero-order valence-electron chi connectivity index (χ0n) is 15.3. The normalized spacial score (nSPS) is 14.4. The van der Waals surface area contributed by atoms with E-state index in [-0.39, 0.29) is 22.9 Å². The van der Waals surface area contributed by atoms with Crippen molar-refractivity contribution < 1.29 is 27.8 Å². The van der Waals surface area contributed by atoms with E-state index in [4.69, 9.17) is 9.47 Å². The third kappa shape index (κ3) is 4.15. The SMILES string of the molecule is O=C1OC(c2cccc(F)c2)=N/C1=C/c1ccc(OC(=O)c2ccccc2F)cc1. The van der Waals surface area contributed by atoms with E-state index in [1.807, 2.05) is 0 Å². The zero-order valence-corrected chi connectivity index (χ0v) is 15.3. The van der Waals surface area contributed by atoms with Crippen LogP contribution in [-0.4, -0.2) is 17.8 Å². The maximum absolute atomic E-state index is 13.7. The van der Waals surface area contributed by atoms with Gasteiger partial charge in [-0.05, 0) is 54.1 Å². The highest BCUT2D eigenvalue weighted by molar-refractivity contribution is 6.12. The summed E-state index contributed by atoms with van der Waals surface area (Å²) in [5, 5.41) is 0. The summed E-state index contributed by atoms with van der Waals surface area (Å²) in [7, 11) is 0. The molecule has 1 heterocycles. The minimum Gasteiger partial charge on any atom is -0.423 e. The summed E-state index contributed by atoms with van der Waals surface area (Å²) in [5.41, 5.74) is 0.820. The molecule has 0 unspecified atom stereocenters. The number of esters is 2. The summed E-state index contributed by atoms with van der Waals surface area (Å²) >= 11 is 0. The van der Waals surface area contributed by atoms with Crippen molar-refractivity contribution in [3.63, 3.8) is 0 Å². The standard InChI is InChI=1S/C23H13F2NO4/c24-16-5-3-4-15(13-16)21-26-20(23(28)30-21)12-14-8-10-17(11-9-14)29-22(27)18-6-1-2-7-19(18)25/h1-13H/b20-12+. The number of halogens is 2. The number of rotatable bonds is 4. The first-order valence-corrected chi connectivity index (χ1v) is 8.85. The Morgan fingerprint density at radius 2 is 1.73 bits per heavy atom. The second kappa shape index (κ2) is 8.08. The number of carbonyl (C=O) groups is 2. The van der Waals surface area contributed by atoms with Crippen LogP contribution < -0.4 is 4.74 Å². The topological polar surface area (TPSA) is 65.0 Å². The van der Waals surface area contributed by atoms with Gasteiger partial charge in [0.05, 0.1) is 5.56 Å². The Kier molecular flexibility index (Phi) is 5.17. The van der Waals surface area contributed by atoms with Crippen molar-refractivity contribution in [3.05, 3.63) is 107 Å². The van der Waals surface area contributed by atoms with Crippen molar-refractivity contribution in [3.8, 4) is 5.75 Å². The minimum absolute atomic E-state index is 0.0150. The maximum atomic E-state index is 13.7. The molecule has 0 bridgehead atoms. The van der Waals surface area contributed by atoms with Gasteiger partial charge in [0.2, 0.25) is 5.90 Å². The number of aliphatic imine (C=N–C) groups is 1. The molecule has 0 atom stereocenters. The molecule has 30 heavy (non-hydrogen) atoms. The fraction of sp³-hybridized carbons (Fsp3) is 0. The van der Waals surface area contributed by atoms with Crippen molar-refractivity contribution in [2.24, 2.45) is 4.99 Å². The molecule has 1 aliphatic heterocycles. The number of benzene rings is 3. The van der Waals surface area contributed by atoms with E-state index in [1.54, 1.807) is 18.2 Å². The Hall–Kier alpha value is -4.13. The Labute approximate surface area is 169 Å². The molecule has 0 fully saturated rings. The van der Waals surface area contributed by atoms with E-state index in [9.17, 15) is 18.4 Å². The van der Waals surface area contributed by atoms with E-state index >= 15 is 0 Å². The number of carbonyl (C=O) groups excluding carboxylic acids is 2. The molecule has 0 radical (unpaired) electrons. The van der Waals surface area contributed by atoms with Gasteiger partial charge in [-0.1, -0.05) is 30.3 Å². The zero-order chi connectivity index (χ0) is 21.1. The first kappa shape index (κ1) is 19.2. The molecular weight excluding hydrogens is 392 g/mol. The quantitative estimate of drug-likeness (QED) is 0.364. The molecule has 0 aliphatic carbocycles. The lowest BCUT2D eigenvalue weighted by Crippen LogP contribution is -2.10. The van der Waals surface area contributed by atoms with Crippen LogP contribution in [0.2, 0.25) is 0 Å². The van der Waals surface area contributed by atoms with Crippen LogP contribution >= 0.6 is 0 Å². The molecule has 0 aromatic heterocycles. The highest BCUT2D eigenvalue weighted by Gasteiger charge is 2.24. The largest absolute Gasteiger partial charge is 0.423 e. The molecule has 3 aromatic rings. The van der Waals surface area contributed by atoms with Gasteiger partial charge in [-0.25, -0.2) is 23.4 Å². The number of hydrogen-bond acceptors (Lipinski definition) is 5. The molecule has 0 amide bonds. The first-order chi connectivity index (χ1) is 14.5. The van der Waals surface area contributed by atoms with Crippen LogP contribution in [-0.2, 0) is 9.53 Å². The Morgan fingerprint density at radius 1 is 0.967 bits per heavy atom. The summed E-state index contributed by atoms with van der Waals surface area (Å²) in [6.07, 6.45) is 1.48. The van der Waals surface area contributed by atoms with Crippen molar-refractivity contribution in [2.45, 2.75) is 0 Å². The van der Waals surface area contributed by atoms with Crippen molar-refractivity contribution in [2.75, 3.05) is 0 Å². The smallest absolute Gasteiger partial charge is 0.363 e. The third-order valence-electron chi connectivity index (χ3n) is 4.18. The van der Waals surface area contributed by atoms with Gasteiger partial charge in [0.15, 0.2) is 5.70 Å². The van der Waals surface area contributed by atoms with Gasteiger partial charge in [0, 0.05) is 5.56 Å². The van der Waals surface area contributed by atoms with Crippen LogP contribution in [0.25, 0.3) is 6.08 Å². The maximum Gasteiger partial charge on any atom is 0.363 e. The van der Waals surface area contributed by atoms with E-state index in [0.717, 1.165) is 0 Å². The van der Waals surface area contributed by atoms with Crippen LogP contribution in [0, 0.1) is 11.6 Å². The van der Waals surface area contributed by atoms with Gasteiger partial charge < -0.3 is 9.47 Å². The molecule has 3 aromatic carbocycles. The van der Waals surface area contributed by atoms with Crippen molar-refractivity contribution >= 4 is 23.9 Å². The summed E-state index contributed by atoms with van der Waals surface area (Å²) in [5.74, 6) is -2.39. The van der Waals surface area contributed by atoms with E-state index in [1.165, 1.54) is 60.7 Å². The third-order valence-corrected chi connectivity index (χ3v) is 4.18. The highest BCUT2D eigenvalue weighted by Crippen LogP contribution is 2.21. The van der Waals surface area contributed by atoms with Crippen LogP contribution in [0.15, 0.2) is 83.5 Å². The fourth-order valence-electron chi connectivity index (χ4n) is 2.73. The van der Waals surface area contributed by atoms with Crippen LogP contribution in [0.1, 0.15) is 21.5 Å². The lowest BCUT2D eigenvalue weighted by molar-refractivity contribution is -0.129. The average molecular weight is 405 g/mol. The van der Waals surface area contributed by atoms with Crippen LogP contribution in [0.5, 0.6) is 5.75 Å². The Bertz CT molecular complexity index is 1200. The molecule has 0 N–H and O–H groups in total. The first-order valence-electron chi connectivity index (χ1n) is 8.85. The highest BCUT2D eigenvalue weighted by atomic mass is 19.1. The van der Waals surface area contributed by atoms with Crippen LogP contribution in [0.4, 0.5) is 8.78 Å². The van der Waals surface area contributed by atoms with E-state index < -0.39 is 23.6 Å². The molecule has 4 rings (SSSR count). The molecule has 148 valence electrons. The second-order valence-corrected chi connectivity index (χ2v) is 6.28. The van der Waals surface area contributed by atoms with Gasteiger partial charge in [0.25, 0.3) is 0 Å². The minimum atomic E-state index is -0.817. The number of ether oxygens (including phenoxy) is 2. The second-order valence-electron chi connectivity index (χ2n) is 6.28. The summed E-state index contributed by atoms with van der Waals surface area (Å²) in [6.45, 7) is 0. The molecule has 7 heteroatoms. The van der Waals surface area contributed by atoms with Gasteiger partial charge in [-0.15, -0.1) is 0 Å². The predicted molar refractivity (Wildman–Crippen MR) is 105 cm³/mol. The van der Waals surface area contributed by atoms with E-state index in [0.29, 0.717) is 11.1 Å². The number of hydrogen-bond donors (Lipinski definition) is 0. The number of cyclic esters (lactones) is 1. The molecule has 0 saturated carbocycles. The molecule has 0 spiro atoms. The molecular formula is C23H13F2NO4. The fourth-order valence-corrected chi connectivity index (χ4v) is 2.73. The predicted octanol–water partition coefficient (Wildman–Crippen LogP) is 4.53. The Balaban J connectivity index is 1.50. The average Bonchev–Trinajstić information content (AvgIpc) is 3.10. The van der Waals surface area contributed by atoms with E-state index in [2.05, 4.69) is 4.99 Å². The van der Waals surface area contributed by atoms with Gasteiger partial charge >= 0.3 is 11.9 Å². The molecule has 0 saturated heterocycles. The molecule has 1 aliphatic rings. The Morgan fingerprint density at radius 3 is 2.47 bits per heavy atom. The number of nitrogens with zero attached hydrogens (tertiary/aromatic N) is 1. The van der Waals surface area contributed by atoms with Gasteiger partial charge in [-0.2, -0.15) is 0 Å². The monoisotopic (exact) mass is 405 g/mol. The lowest BCUT2D eigenvalue weighted by atomic mass is 10.2. The van der Waals surface area contributed by atoms with Crippen molar-refractivity contribution in [1.82, 2.24) is 0 Å². The van der Waals surface area contributed by atoms with Crippen molar-refractivity contribution in [1.29, 1.82) is 0 Å². The summed E-state index contributed by atoms with van der Waals surface area (Å²) in [6, 6.07) is 17.3. The molecule has 5 nitrogen and oxygen atoms in total.